The average Bonchev–Trinajstić information content (AvgIpc) is 2.82. The Labute approximate surface area is 207 Å². The van der Waals surface area contributed by atoms with E-state index in [-0.39, 0.29) is 17.6 Å². The van der Waals surface area contributed by atoms with Crippen molar-refractivity contribution in [1.82, 2.24) is 4.57 Å². The maximum Gasteiger partial charge on any atom is 0.252 e. The number of primary amides is 1. The molecule has 1 aromatic heterocycles. The highest BCUT2D eigenvalue weighted by Gasteiger charge is 2.36. The molecule has 2 heterocycles. The van der Waals surface area contributed by atoms with E-state index in [0.717, 1.165) is 30.4 Å². The van der Waals surface area contributed by atoms with Crippen LogP contribution in [0, 0.1) is 5.92 Å². The molecule has 2 amide bonds. The van der Waals surface area contributed by atoms with Crippen LogP contribution in [0.3, 0.4) is 0 Å². The molecule has 0 spiro atoms. The molecular weight excluding hydrogens is 466 g/mol. The molecule has 1 fully saturated rings. The van der Waals surface area contributed by atoms with Crippen LogP contribution in [0.4, 0.5) is 5.69 Å². The van der Waals surface area contributed by atoms with E-state index in [9.17, 15) is 14.4 Å². The summed E-state index contributed by atoms with van der Waals surface area (Å²) in [7, 11) is 0. The van der Waals surface area contributed by atoms with Crippen LogP contribution in [0.15, 0.2) is 59.5 Å². The zero-order valence-corrected chi connectivity index (χ0v) is 20.0. The summed E-state index contributed by atoms with van der Waals surface area (Å²) in [6.45, 7) is 1.85. The number of hydrogen-bond acceptors (Lipinski definition) is 4. The standard InChI is InChI=1S/C27H26ClN3O4/c1-2-22(27(34)30-19-8-4-15(5-9-19)26(29)33)31-14-24-21(13-25(31)32)20-12-18(28)7-3-16(20)11-17-6-10-23(17)35-24/h3-5,7-9,12-14,17,22-23H,2,6,10-11H2,1H3,(H2,29,33)(H,30,34)/t17-,22+,23-/m1/s1. The number of anilines is 1. The van der Waals surface area contributed by atoms with Crippen LogP contribution in [0.1, 0.15) is 48.1 Å². The molecule has 0 saturated heterocycles. The van der Waals surface area contributed by atoms with Gasteiger partial charge in [-0.15, -0.1) is 0 Å². The zero-order chi connectivity index (χ0) is 24.7. The van der Waals surface area contributed by atoms with Gasteiger partial charge in [0.15, 0.2) is 0 Å². The molecule has 3 atom stereocenters. The van der Waals surface area contributed by atoms with Crippen molar-refractivity contribution in [2.75, 3.05) is 5.32 Å². The number of hydrogen-bond donors (Lipinski definition) is 2. The van der Waals surface area contributed by atoms with Crippen LogP contribution in [-0.2, 0) is 11.2 Å². The first kappa shape index (κ1) is 23.2. The summed E-state index contributed by atoms with van der Waals surface area (Å²) in [6, 6.07) is 12.9. The number of benzene rings is 2. The van der Waals surface area contributed by atoms with Crippen LogP contribution in [0.25, 0.3) is 11.1 Å². The molecule has 2 aliphatic rings. The number of nitrogens with zero attached hydrogens (tertiary/aromatic N) is 1. The Morgan fingerprint density at radius 3 is 2.57 bits per heavy atom. The second kappa shape index (κ2) is 9.23. The molecule has 0 bridgehead atoms. The Hall–Kier alpha value is -3.58. The molecule has 8 heteroatoms. The third-order valence-electron chi connectivity index (χ3n) is 6.98. The summed E-state index contributed by atoms with van der Waals surface area (Å²) < 4.78 is 7.81. The average molecular weight is 492 g/mol. The molecule has 0 radical (unpaired) electrons. The predicted octanol–water partition coefficient (Wildman–Crippen LogP) is 4.57. The van der Waals surface area contributed by atoms with E-state index in [1.54, 1.807) is 36.5 Å². The van der Waals surface area contributed by atoms with Gasteiger partial charge < -0.3 is 15.8 Å². The monoisotopic (exact) mass is 491 g/mol. The van der Waals surface area contributed by atoms with E-state index in [4.69, 9.17) is 22.1 Å². The number of rotatable bonds is 5. The van der Waals surface area contributed by atoms with Crippen molar-refractivity contribution < 1.29 is 14.3 Å². The molecule has 0 unspecified atom stereocenters. The second-order valence-electron chi connectivity index (χ2n) is 9.15. The van der Waals surface area contributed by atoms with Crippen molar-refractivity contribution in [2.24, 2.45) is 11.7 Å². The number of pyridine rings is 1. The van der Waals surface area contributed by atoms with Gasteiger partial charge in [-0.25, -0.2) is 0 Å². The molecule has 3 aromatic rings. The Balaban J connectivity index is 1.51. The number of aromatic nitrogens is 1. The topological polar surface area (TPSA) is 103 Å². The van der Waals surface area contributed by atoms with Gasteiger partial charge in [-0.05, 0) is 73.2 Å². The summed E-state index contributed by atoms with van der Waals surface area (Å²) >= 11 is 6.30. The van der Waals surface area contributed by atoms with E-state index in [2.05, 4.69) is 5.32 Å². The highest BCUT2D eigenvalue weighted by atomic mass is 35.5. The van der Waals surface area contributed by atoms with Crippen molar-refractivity contribution in [3.63, 3.8) is 0 Å². The van der Waals surface area contributed by atoms with Crippen molar-refractivity contribution in [3.8, 4) is 16.9 Å². The lowest BCUT2D eigenvalue weighted by molar-refractivity contribution is -0.119. The Kier molecular flexibility index (Phi) is 6.11. The molecule has 35 heavy (non-hydrogen) atoms. The number of fused-ring (bicyclic) bond motifs is 4. The molecule has 2 aromatic carbocycles. The highest BCUT2D eigenvalue weighted by molar-refractivity contribution is 6.30. The Bertz CT molecular complexity index is 1370. The fraction of sp³-hybridized carbons (Fsp3) is 0.296. The minimum Gasteiger partial charge on any atom is -0.488 e. The van der Waals surface area contributed by atoms with Gasteiger partial charge in [0.05, 0.1) is 6.20 Å². The maximum absolute atomic E-state index is 13.3. The van der Waals surface area contributed by atoms with Crippen molar-refractivity contribution in [1.29, 1.82) is 0 Å². The minimum atomic E-state index is -0.742. The third-order valence-corrected chi connectivity index (χ3v) is 7.21. The smallest absolute Gasteiger partial charge is 0.252 e. The van der Waals surface area contributed by atoms with Crippen LogP contribution in [0.5, 0.6) is 5.75 Å². The van der Waals surface area contributed by atoms with Crippen LogP contribution < -0.4 is 21.3 Å². The SMILES string of the molecule is CC[C@@H](C(=O)Nc1ccc(C(N)=O)cc1)n1cc2c(cc1=O)-c1cc(Cl)ccc1C[C@H]1CC[C@H]1O2. The minimum absolute atomic E-state index is 0.0844. The number of ether oxygens (including phenoxy) is 1. The zero-order valence-electron chi connectivity index (χ0n) is 19.3. The molecule has 1 aliphatic carbocycles. The number of carbonyl (C=O) groups is 2. The fourth-order valence-electron chi connectivity index (χ4n) is 4.88. The first-order chi connectivity index (χ1) is 16.8. The summed E-state index contributed by atoms with van der Waals surface area (Å²) in [6.07, 6.45) is 5.09. The largest absolute Gasteiger partial charge is 0.488 e. The first-order valence-electron chi connectivity index (χ1n) is 11.8. The quantitative estimate of drug-likeness (QED) is 0.545. The fourth-order valence-corrected chi connectivity index (χ4v) is 5.05. The molecule has 180 valence electrons. The summed E-state index contributed by atoms with van der Waals surface area (Å²) in [5, 5.41) is 3.42. The summed E-state index contributed by atoms with van der Waals surface area (Å²) in [5.74, 6) is 0.118. The molecule has 5 rings (SSSR count). The lowest BCUT2D eigenvalue weighted by Crippen LogP contribution is -2.39. The van der Waals surface area contributed by atoms with Gasteiger partial charge >= 0.3 is 0 Å². The summed E-state index contributed by atoms with van der Waals surface area (Å²) in [4.78, 5) is 37.7. The Morgan fingerprint density at radius 1 is 1.14 bits per heavy atom. The van der Waals surface area contributed by atoms with Gasteiger partial charge in [0, 0.05) is 33.8 Å². The maximum atomic E-state index is 13.3. The molecule has 3 N–H and O–H groups in total. The molecule has 7 nitrogen and oxygen atoms in total. The van der Waals surface area contributed by atoms with Crippen molar-refractivity contribution in [2.45, 2.75) is 44.8 Å². The third kappa shape index (κ3) is 4.44. The van der Waals surface area contributed by atoms with E-state index in [1.165, 1.54) is 4.57 Å². The van der Waals surface area contributed by atoms with Gasteiger partial charge in [-0.1, -0.05) is 24.6 Å². The van der Waals surface area contributed by atoms with Crippen LogP contribution in [-0.4, -0.2) is 22.5 Å². The predicted molar refractivity (Wildman–Crippen MR) is 135 cm³/mol. The van der Waals surface area contributed by atoms with Crippen molar-refractivity contribution in [3.05, 3.63) is 81.2 Å². The van der Waals surface area contributed by atoms with E-state index in [1.807, 2.05) is 25.1 Å². The normalized spacial score (nSPS) is 18.9. The number of amides is 2. The molecular formula is C27H26ClN3O4. The van der Waals surface area contributed by atoms with Gasteiger partial charge in [0.2, 0.25) is 11.8 Å². The van der Waals surface area contributed by atoms with Crippen LogP contribution >= 0.6 is 11.6 Å². The first-order valence-corrected chi connectivity index (χ1v) is 12.1. The van der Waals surface area contributed by atoms with Gasteiger partial charge in [0.25, 0.3) is 5.56 Å². The lowest BCUT2D eigenvalue weighted by atomic mass is 9.76. The number of carbonyl (C=O) groups excluding carboxylic acids is 2. The van der Waals surface area contributed by atoms with Gasteiger partial charge in [-0.2, -0.15) is 0 Å². The lowest BCUT2D eigenvalue weighted by Gasteiger charge is -2.39. The van der Waals surface area contributed by atoms with E-state index in [0.29, 0.717) is 39.9 Å². The highest BCUT2D eigenvalue weighted by Crippen LogP contribution is 2.43. The van der Waals surface area contributed by atoms with E-state index < -0.39 is 11.9 Å². The number of halogens is 1. The Morgan fingerprint density at radius 2 is 1.91 bits per heavy atom. The second-order valence-corrected chi connectivity index (χ2v) is 9.59. The summed E-state index contributed by atoms with van der Waals surface area (Å²) in [5.41, 5.74) is 8.59. The van der Waals surface area contributed by atoms with Gasteiger partial charge in [-0.3, -0.25) is 19.0 Å². The number of nitrogens with one attached hydrogen (secondary N) is 1. The molecule has 1 saturated carbocycles. The van der Waals surface area contributed by atoms with E-state index >= 15 is 0 Å². The van der Waals surface area contributed by atoms with Crippen LogP contribution in [0.2, 0.25) is 5.02 Å². The van der Waals surface area contributed by atoms with Gasteiger partial charge in [0.1, 0.15) is 17.9 Å². The molecule has 1 aliphatic heterocycles. The van der Waals surface area contributed by atoms with Crippen molar-refractivity contribution >= 4 is 29.1 Å². The number of nitrogens with two attached hydrogens (primary N) is 1.